The first-order chi connectivity index (χ1) is 18.5. The number of nitrogens with zero attached hydrogens (tertiary/aromatic N) is 4. The zero-order valence-electron chi connectivity index (χ0n) is 21.9. The van der Waals surface area contributed by atoms with Crippen LogP contribution in [0.2, 0.25) is 0 Å². The van der Waals surface area contributed by atoms with E-state index in [0.29, 0.717) is 11.3 Å². The number of halogens is 4. The van der Waals surface area contributed by atoms with Gasteiger partial charge in [-0.1, -0.05) is 12.1 Å². The summed E-state index contributed by atoms with van der Waals surface area (Å²) in [5.74, 6) is 0.572. The van der Waals surface area contributed by atoms with Crippen molar-refractivity contribution in [1.82, 2.24) is 20.1 Å². The van der Waals surface area contributed by atoms with E-state index in [0.717, 1.165) is 43.5 Å². The predicted molar refractivity (Wildman–Crippen MR) is 143 cm³/mol. The average Bonchev–Trinajstić information content (AvgIpc) is 3.43. The molecule has 3 aliphatic rings. The van der Waals surface area contributed by atoms with E-state index in [-0.39, 0.29) is 47.0 Å². The molecule has 206 valence electrons. The van der Waals surface area contributed by atoms with E-state index in [9.17, 15) is 18.0 Å². The number of aromatic nitrogens is 3. The number of hydrogen-bond donors (Lipinski definition) is 1. The van der Waals surface area contributed by atoms with E-state index >= 15 is 0 Å². The zero-order valence-corrected chi connectivity index (χ0v) is 22.7. The molecule has 0 radical (unpaired) electrons. The second-order valence-electron chi connectivity index (χ2n) is 11.5. The maximum Gasteiger partial charge on any atom is 0.416 e. The minimum atomic E-state index is -4.56. The summed E-state index contributed by atoms with van der Waals surface area (Å²) in [6, 6.07) is 10.3. The van der Waals surface area contributed by atoms with Crippen molar-refractivity contribution in [2.24, 2.45) is 13.0 Å². The summed E-state index contributed by atoms with van der Waals surface area (Å²) in [5, 5.41) is 11.9. The van der Waals surface area contributed by atoms with Crippen LogP contribution in [0.15, 0.2) is 42.7 Å². The molecule has 2 fully saturated rings. The van der Waals surface area contributed by atoms with Gasteiger partial charge in [-0.2, -0.15) is 13.2 Å². The number of aryl methyl sites for hydroxylation is 1. The Balaban J connectivity index is 1.33. The average molecular weight is 558 g/mol. The molecule has 1 amide bonds. The third-order valence-electron chi connectivity index (χ3n) is 8.74. The summed E-state index contributed by atoms with van der Waals surface area (Å²) in [6.45, 7) is 2.25. The fourth-order valence-corrected chi connectivity index (χ4v) is 6.64. The van der Waals surface area contributed by atoms with Crippen molar-refractivity contribution < 1.29 is 18.0 Å². The lowest BCUT2D eigenvalue weighted by molar-refractivity contribution is -0.138. The molecule has 2 saturated carbocycles. The van der Waals surface area contributed by atoms with Gasteiger partial charge in [-0.25, -0.2) is 0 Å². The highest BCUT2D eigenvalue weighted by Gasteiger charge is 2.42. The Kier molecular flexibility index (Phi) is 6.50. The van der Waals surface area contributed by atoms with Crippen LogP contribution in [0.4, 0.5) is 18.9 Å². The Morgan fingerprint density at radius 3 is 2.59 bits per heavy atom. The van der Waals surface area contributed by atoms with Crippen molar-refractivity contribution in [1.29, 1.82) is 0 Å². The summed E-state index contributed by atoms with van der Waals surface area (Å²) in [5.41, 5.74) is 1.35. The maximum atomic E-state index is 14.2. The molecular formula is C29H31ClF3N5O. The lowest BCUT2D eigenvalue weighted by Crippen LogP contribution is -2.47. The molecule has 1 N–H and O–H groups in total. The van der Waals surface area contributed by atoms with E-state index < -0.39 is 17.6 Å². The standard InChI is InChI=1S/C29H31ClF3N5O/c1-28(7-4-8-28)34-14-17-9-22-23(24(10-17)29(31,32)33)15-38(27(22)39)21-6-3-5-18(13-21)25(19-11-20(30)12-19)26-36-35-16-37(26)2/h3,5-6,9-10,13,16,19-20,25,34H,4,7-8,11-12,14-15H2,1-2H3/t19?,20?,25-/m1/s1. The number of anilines is 1. The second kappa shape index (κ2) is 9.63. The van der Waals surface area contributed by atoms with Crippen LogP contribution in [-0.2, 0) is 26.3 Å². The van der Waals surface area contributed by atoms with E-state index in [1.54, 1.807) is 18.5 Å². The van der Waals surface area contributed by atoms with Gasteiger partial charge in [0, 0.05) is 41.7 Å². The fourth-order valence-electron chi connectivity index (χ4n) is 6.18. The van der Waals surface area contributed by atoms with Crippen LogP contribution in [0.5, 0.6) is 0 Å². The van der Waals surface area contributed by atoms with Gasteiger partial charge in [-0.05, 0) is 85.9 Å². The minimum Gasteiger partial charge on any atom is -0.320 e. The number of carbonyl (C=O) groups excluding carboxylic acids is 1. The number of hydrogen-bond acceptors (Lipinski definition) is 4. The monoisotopic (exact) mass is 557 g/mol. The number of benzene rings is 2. The number of rotatable bonds is 7. The molecule has 10 heteroatoms. The molecule has 2 aliphatic carbocycles. The van der Waals surface area contributed by atoms with Crippen molar-refractivity contribution in [3.05, 3.63) is 76.4 Å². The van der Waals surface area contributed by atoms with Gasteiger partial charge in [-0.15, -0.1) is 21.8 Å². The summed E-state index contributed by atoms with van der Waals surface area (Å²) >= 11 is 6.31. The summed E-state index contributed by atoms with van der Waals surface area (Å²) in [4.78, 5) is 15.1. The molecule has 0 spiro atoms. The van der Waals surface area contributed by atoms with E-state index in [4.69, 9.17) is 11.6 Å². The largest absolute Gasteiger partial charge is 0.416 e. The van der Waals surface area contributed by atoms with Gasteiger partial charge in [0.2, 0.25) is 0 Å². The maximum absolute atomic E-state index is 14.2. The molecule has 1 aliphatic heterocycles. The van der Waals surface area contributed by atoms with Crippen molar-refractivity contribution >= 4 is 23.2 Å². The SMILES string of the molecule is Cn1cnnc1[C@H](c1cccc(N2Cc3c(cc(CNC4(C)CCC4)cc3C(F)(F)F)C2=O)c1)C1CC(Cl)C1. The lowest BCUT2D eigenvalue weighted by atomic mass is 9.72. The van der Waals surface area contributed by atoms with Gasteiger partial charge in [0.15, 0.2) is 0 Å². The van der Waals surface area contributed by atoms with Gasteiger partial charge in [0.25, 0.3) is 5.91 Å². The van der Waals surface area contributed by atoms with Gasteiger partial charge >= 0.3 is 6.18 Å². The predicted octanol–water partition coefficient (Wildman–Crippen LogP) is 6.18. The molecule has 6 nitrogen and oxygen atoms in total. The van der Waals surface area contributed by atoms with Crippen LogP contribution in [0.3, 0.4) is 0 Å². The third kappa shape index (κ3) is 4.84. The van der Waals surface area contributed by atoms with Gasteiger partial charge < -0.3 is 14.8 Å². The molecule has 1 atom stereocenters. The molecule has 0 bridgehead atoms. The minimum absolute atomic E-state index is 0.0327. The first-order valence-electron chi connectivity index (χ1n) is 13.4. The number of nitrogens with one attached hydrogen (secondary N) is 1. The summed E-state index contributed by atoms with van der Waals surface area (Å²) < 4.78 is 44.4. The Hall–Kier alpha value is -2.91. The van der Waals surface area contributed by atoms with Crippen LogP contribution in [0.1, 0.15) is 83.4 Å². The van der Waals surface area contributed by atoms with Gasteiger partial charge in [0.05, 0.1) is 12.1 Å². The topological polar surface area (TPSA) is 63.1 Å². The van der Waals surface area contributed by atoms with Crippen LogP contribution in [0, 0.1) is 5.92 Å². The Bertz CT molecular complexity index is 1410. The van der Waals surface area contributed by atoms with E-state index in [1.165, 1.54) is 11.0 Å². The van der Waals surface area contributed by atoms with Gasteiger partial charge in [-0.3, -0.25) is 4.79 Å². The highest BCUT2D eigenvalue weighted by molar-refractivity contribution is 6.21. The molecule has 1 aromatic heterocycles. The fraction of sp³-hybridized carbons (Fsp3) is 0.483. The Morgan fingerprint density at radius 1 is 1.21 bits per heavy atom. The van der Waals surface area contributed by atoms with Crippen molar-refractivity contribution in [2.75, 3.05) is 4.90 Å². The molecular weight excluding hydrogens is 527 g/mol. The molecule has 0 unspecified atom stereocenters. The number of carbonyl (C=O) groups is 1. The van der Waals surface area contributed by atoms with Crippen molar-refractivity contribution in [2.45, 2.75) is 75.1 Å². The molecule has 0 saturated heterocycles. The third-order valence-corrected chi connectivity index (χ3v) is 9.09. The van der Waals surface area contributed by atoms with Crippen LogP contribution in [0.25, 0.3) is 0 Å². The summed E-state index contributed by atoms with van der Waals surface area (Å²) in [7, 11) is 1.89. The molecule has 3 aromatic rings. The van der Waals surface area contributed by atoms with Crippen molar-refractivity contribution in [3.63, 3.8) is 0 Å². The van der Waals surface area contributed by atoms with Crippen LogP contribution in [-0.4, -0.2) is 31.6 Å². The van der Waals surface area contributed by atoms with E-state index in [1.807, 2.05) is 29.8 Å². The van der Waals surface area contributed by atoms with Gasteiger partial charge in [0.1, 0.15) is 12.2 Å². The number of amides is 1. The Labute approximate surface area is 230 Å². The quantitative estimate of drug-likeness (QED) is 0.353. The normalized spacial score (nSPS) is 22.8. The van der Waals surface area contributed by atoms with E-state index in [2.05, 4.69) is 22.4 Å². The number of alkyl halides is 4. The summed E-state index contributed by atoms with van der Waals surface area (Å²) in [6.07, 6.45) is 1.87. The molecule has 2 heterocycles. The Morgan fingerprint density at radius 2 is 1.97 bits per heavy atom. The molecule has 39 heavy (non-hydrogen) atoms. The highest BCUT2D eigenvalue weighted by atomic mass is 35.5. The smallest absolute Gasteiger partial charge is 0.320 e. The first kappa shape index (κ1) is 26.3. The second-order valence-corrected chi connectivity index (χ2v) is 12.1. The van der Waals surface area contributed by atoms with Crippen LogP contribution >= 0.6 is 11.6 Å². The first-order valence-corrected chi connectivity index (χ1v) is 13.8. The zero-order chi connectivity index (χ0) is 27.5. The molecule has 2 aromatic carbocycles. The van der Waals surface area contributed by atoms with Crippen molar-refractivity contribution in [3.8, 4) is 0 Å². The number of fused-ring (bicyclic) bond motifs is 1. The molecule has 6 rings (SSSR count). The lowest BCUT2D eigenvalue weighted by Gasteiger charge is -2.39. The highest BCUT2D eigenvalue weighted by Crippen LogP contribution is 2.46. The van der Waals surface area contributed by atoms with Crippen LogP contribution < -0.4 is 10.2 Å².